The molecule has 0 saturated heterocycles. The Kier molecular flexibility index (Phi) is 6.35. The molecule has 0 unspecified atom stereocenters. The monoisotopic (exact) mass is 470 g/mol. The van der Waals surface area contributed by atoms with Crippen LogP contribution in [0, 0.1) is 6.92 Å². The molecule has 1 aromatic carbocycles. The maximum Gasteiger partial charge on any atom is 0.238 e. The average molecular weight is 471 g/mol. The van der Waals surface area contributed by atoms with Gasteiger partial charge in [0.1, 0.15) is 0 Å². The molecule has 3 aromatic heterocycles. The molecule has 0 N–H and O–H groups in total. The van der Waals surface area contributed by atoms with Crippen LogP contribution in [-0.4, -0.2) is 43.4 Å². The van der Waals surface area contributed by atoms with E-state index < -0.39 is 0 Å². The van der Waals surface area contributed by atoms with E-state index in [1.54, 1.807) is 30.4 Å². The van der Waals surface area contributed by atoms with Crippen LogP contribution in [0.1, 0.15) is 5.56 Å². The molecule has 0 bridgehead atoms. The van der Waals surface area contributed by atoms with Crippen molar-refractivity contribution < 1.29 is 4.79 Å². The molecule has 0 fully saturated rings. The molecule has 0 atom stereocenters. The van der Waals surface area contributed by atoms with Crippen molar-refractivity contribution in [3.63, 3.8) is 0 Å². The van der Waals surface area contributed by atoms with Gasteiger partial charge >= 0.3 is 0 Å². The molecule has 0 aliphatic carbocycles. The molecule has 0 spiro atoms. The van der Waals surface area contributed by atoms with Crippen molar-refractivity contribution in [1.82, 2.24) is 24.7 Å². The second kappa shape index (κ2) is 9.17. The van der Waals surface area contributed by atoms with Gasteiger partial charge in [0.25, 0.3) is 0 Å². The van der Waals surface area contributed by atoms with Crippen LogP contribution in [0.3, 0.4) is 0 Å². The lowest BCUT2D eigenvalue weighted by atomic mass is 10.2. The summed E-state index contributed by atoms with van der Waals surface area (Å²) < 4.78 is 2.92. The number of carbonyl (C=O) groups excluding carboxylic acids is 1. The molecule has 4 aromatic rings. The number of anilines is 1. The maximum absolute atomic E-state index is 12.9. The number of benzene rings is 1. The Bertz CT molecular complexity index is 1250. The minimum atomic E-state index is -0.0774. The number of nitrogens with zero attached hydrogens (tertiary/aromatic N) is 6. The Labute approximate surface area is 192 Å². The van der Waals surface area contributed by atoms with Crippen LogP contribution in [0.5, 0.6) is 0 Å². The summed E-state index contributed by atoms with van der Waals surface area (Å²) in [5.41, 5.74) is 2.71. The zero-order chi connectivity index (χ0) is 22.0. The van der Waals surface area contributed by atoms with Crippen LogP contribution in [0.2, 0.25) is 5.02 Å². The standard InChI is InChI=1S/C21H19ClN6OS2/c1-4-11-28-19(14-7-9-23-10-8-14)25-26-21(28)30-12-17(29)27(3)20-24-16-6-5-15(22)13(2)18(16)31-20/h4-10H,1,11-12H2,2-3H3. The number of thiazole rings is 1. The van der Waals surface area contributed by atoms with Crippen molar-refractivity contribution in [2.75, 3.05) is 17.7 Å². The molecule has 0 radical (unpaired) electrons. The summed E-state index contributed by atoms with van der Waals surface area (Å²) in [6, 6.07) is 7.44. The summed E-state index contributed by atoms with van der Waals surface area (Å²) in [4.78, 5) is 23.1. The molecule has 1 amide bonds. The number of thioether (sulfide) groups is 1. The minimum absolute atomic E-state index is 0.0774. The van der Waals surface area contributed by atoms with Crippen molar-refractivity contribution in [3.8, 4) is 11.4 Å². The van der Waals surface area contributed by atoms with Crippen LogP contribution in [-0.2, 0) is 11.3 Å². The van der Waals surface area contributed by atoms with Gasteiger partial charge in [-0.1, -0.05) is 40.8 Å². The first-order chi connectivity index (χ1) is 15.0. The molecule has 0 saturated carbocycles. The quantitative estimate of drug-likeness (QED) is 0.284. The maximum atomic E-state index is 12.9. The first-order valence-electron chi connectivity index (χ1n) is 9.39. The molecular formula is C21H19ClN6OS2. The molecule has 0 aliphatic heterocycles. The topological polar surface area (TPSA) is 76.8 Å². The van der Waals surface area contributed by atoms with Crippen LogP contribution >= 0.6 is 34.7 Å². The number of aromatic nitrogens is 5. The van der Waals surface area contributed by atoms with E-state index in [-0.39, 0.29) is 11.7 Å². The number of fused-ring (bicyclic) bond motifs is 1. The number of halogens is 1. The summed E-state index contributed by atoms with van der Waals surface area (Å²) in [6.07, 6.45) is 5.20. The van der Waals surface area contributed by atoms with Crippen molar-refractivity contribution in [1.29, 1.82) is 0 Å². The van der Waals surface area contributed by atoms with Crippen molar-refractivity contribution in [2.45, 2.75) is 18.6 Å². The second-order valence-corrected chi connectivity index (χ2v) is 9.03. The van der Waals surface area contributed by atoms with Gasteiger partial charge in [-0.2, -0.15) is 0 Å². The first-order valence-corrected chi connectivity index (χ1v) is 11.6. The lowest BCUT2D eigenvalue weighted by molar-refractivity contribution is -0.115. The molecule has 3 heterocycles. The number of amides is 1. The van der Waals surface area contributed by atoms with Crippen molar-refractivity contribution in [3.05, 3.63) is 59.9 Å². The first kappa shape index (κ1) is 21.5. The van der Waals surface area contributed by atoms with Gasteiger partial charge in [0.05, 0.1) is 16.0 Å². The van der Waals surface area contributed by atoms with Gasteiger partial charge in [0.15, 0.2) is 16.1 Å². The Balaban J connectivity index is 1.51. The SMILES string of the molecule is C=CCn1c(SCC(=O)N(C)c2nc3ccc(Cl)c(C)c3s2)nnc1-c1ccncc1. The third kappa shape index (κ3) is 4.34. The van der Waals surface area contributed by atoms with Gasteiger partial charge in [-0.25, -0.2) is 4.98 Å². The highest BCUT2D eigenvalue weighted by molar-refractivity contribution is 7.99. The zero-order valence-electron chi connectivity index (χ0n) is 16.9. The van der Waals surface area contributed by atoms with Gasteiger partial charge in [0.2, 0.25) is 5.91 Å². The highest BCUT2D eigenvalue weighted by Gasteiger charge is 2.19. The summed E-state index contributed by atoms with van der Waals surface area (Å²) in [5, 5.41) is 10.6. The third-order valence-corrected chi connectivity index (χ3v) is 7.31. The molecule has 10 heteroatoms. The fourth-order valence-corrected chi connectivity index (χ4v) is 5.09. The van der Waals surface area contributed by atoms with E-state index in [9.17, 15) is 4.79 Å². The third-order valence-electron chi connectivity index (χ3n) is 4.68. The molecule has 7 nitrogen and oxygen atoms in total. The Morgan fingerprint density at radius 3 is 2.81 bits per heavy atom. The van der Waals surface area contributed by atoms with Crippen molar-refractivity contribution >= 4 is 56.0 Å². The van der Waals surface area contributed by atoms with Gasteiger partial charge in [-0.15, -0.1) is 16.8 Å². The Morgan fingerprint density at radius 1 is 1.29 bits per heavy atom. The fourth-order valence-electron chi connectivity index (χ4n) is 2.96. The average Bonchev–Trinajstić information content (AvgIpc) is 3.40. The van der Waals surface area contributed by atoms with Gasteiger partial charge < -0.3 is 0 Å². The second-order valence-electron chi connectivity index (χ2n) is 6.70. The summed E-state index contributed by atoms with van der Waals surface area (Å²) in [6.45, 7) is 6.31. The summed E-state index contributed by atoms with van der Waals surface area (Å²) >= 11 is 9.01. The van der Waals surface area contributed by atoms with Crippen LogP contribution < -0.4 is 4.90 Å². The van der Waals surface area contributed by atoms with Crippen LogP contribution in [0.15, 0.2) is 54.5 Å². The number of aryl methyl sites for hydroxylation is 1. The van der Waals surface area contributed by atoms with Gasteiger partial charge in [-0.05, 0) is 36.8 Å². The van der Waals surface area contributed by atoms with Crippen molar-refractivity contribution in [2.24, 2.45) is 0 Å². The normalized spacial score (nSPS) is 11.1. The predicted molar refractivity (Wildman–Crippen MR) is 127 cm³/mol. The molecule has 158 valence electrons. The Hall–Kier alpha value is -2.75. The zero-order valence-corrected chi connectivity index (χ0v) is 19.3. The minimum Gasteiger partial charge on any atom is -0.298 e. The molecule has 31 heavy (non-hydrogen) atoms. The lowest BCUT2D eigenvalue weighted by Crippen LogP contribution is -2.27. The van der Waals surface area contributed by atoms with E-state index in [1.165, 1.54) is 23.1 Å². The fraction of sp³-hybridized carbons (Fsp3) is 0.190. The Morgan fingerprint density at radius 2 is 2.06 bits per heavy atom. The van der Waals surface area contributed by atoms with Crippen LogP contribution in [0.25, 0.3) is 21.6 Å². The van der Waals surface area contributed by atoms with E-state index in [1.807, 2.05) is 35.8 Å². The number of rotatable bonds is 7. The molecule has 0 aliphatic rings. The van der Waals surface area contributed by atoms with Gasteiger partial charge in [0, 0.05) is 36.6 Å². The molecular weight excluding hydrogens is 452 g/mol. The van der Waals surface area contributed by atoms with E-state index in [0.29, 0.717) is 27.7 Å². The predicted octanol–water partition coefficient (Wildman–Crippen LogP) is 4.85. The molecule has 4 rings (SSSR count). The highest BCUT2D eigenvalue weighted by Crippen LogP contribution is 2.34. The van der Waals surface area contributed by atoms with E-state index >= 15 is 0 Å². The number of hydrogen-bond donors (Lipinski definition) is 0. The number of allylic oxidation sites excluding steroid dienone is 1. The smallest absolute Gasteiger partial charge is 0.238 e. The lowest BCUT2D eigenvalue weighted by Gasteiger charge is -2.13. The van der Waals surface area contributed by atoms with E-state index in [4.69, 9.17) is 11.6 Å². The van der Waals surface area contributed by atoms with E-state index in [2.05, 4.69) is 26.7 Å². The van der Waals surface area contributed by atoms with Gasteiger partial charge in [-0.3, -0.25) is 19.2 Å². The van der Waals surface area contributed by atoms with E-state index in [0.717, 1.165) is 21.3 Å². The summed E-state index contributed by atoms with van der Waals surface area (Å²) in [5.74, 6) is 0.841. The number of pyridine rings is 1. The number of carbonyl (C=O) groups is 1. The largest absolute Gasteiger partial charge is 0.298 e. The summed E-state index contributed by atoms with van der Waals surface area (Å²) in [7, 11) is 1.73. The highest BCUT2D eigenvalue weighted by atomic mass is 35.5. The van der Waals surface area contributed by atoms with Crippen LogP contribution in [0.4, 0.5) is 5.13 Å². The number of hydrogen-bond acceptors (Lipinski definition) is 7.